The van der Waals surface area contributed by atoms with Crippen molar-refractivity contribution in [3.63, 3.8) is 0 Å². The zero-order valence-electron chi connectivity index (χ0n) is 14.7. The molecule has 11 heteroatoms. The van der Waals surface area contributed by atoms with Gasteiger partial charge in [-0.05, 0) is 13.3 Å². The Hall–Kier alpha value is -3.11. The fourth-order valence-electron chi connectivity index (χ4n) is 1.88. The molecule has 1 aromatic carbocycles. The lowest BCUT2D eigenvalue weighted by atomic mass is 10.1. The minimum atomic E-state index is -2.44. The Labute approximate surface area is 155 Å². The Balaban J connectivity index is 3.15. The van der Waals surface area contributed by atoms with E-state index >= 15 is 0 Å². The number of methoxy groups -OCH3 is 1. The highest BCUT2D eigenvalue weighted by atomic mass is 19.2. The van der Waals surface area contributed by atoms with Gasteiger partial charge in [0.2, 0.25) is 5.82 Å². The predicted molar refractivity (Wildman–Crippen MR) is 85.0 cm³/mol. The maximum absolute atomic E-state index is 13.7. The van der Waals surface area contributed by atoms with Gasteiger partial charge in [-0.2, -0.15) is 0 Å². The van der Waals surface area contributed by atoms with Crippen molar-refractivity contribution in [1.29, 1.82) is 0 Å². The minimum absolute atomic E-state index is 0.0445. The van der Waals surface area contributed by atoms with Gasteiger partial charge in [0.05, 0.1) is 13.7 Å². The second-order valence-electron chi connectivity index (χ2n) is 4.99. The molecule has 0 radical (unpaired) electrons. The summed E-state index contributed by atoms with van der Waals surface area (Å²) in [6, 6.07) is 0. The lowest BCUT2D eigenvalue weighted by Crippen LogP contribution is -2.19. The molecule has 1 aromatic rings. The number of carbonyl (C=O) groups is 3. The molecule has 6 nitrogen and oxygen atoms in total. The lowest BCUT2D eigenvalue weighted by Gasteiger charge is -2.06. The highest BCUT2D eigenvalue weighted by Gasteiger charge is 2.30. The largest absolute Gasteiger partial charge is 0.465 e. The van der Waals surface area contributed by atoms with E-state index in [-0.39, 0.29) is 19.4 Å². The summed E-state index contributed by atoms with van der Waals surface area (Å²) < 4.78 is 75.7. The van der Waals surface area contributed by atoms with Gasteiger partial charge in [-0.1, -0.05) is 6.08 Å². The molecule has 0 aliphatic carbocycles. The van der Waals surface area contributed by atoms with Crippen molar-refractivity contribution >= 4 is 23.6 Å². The number of hydrogen-bond donors (Lipinski definition) is 0. The second kappa shape index (κ2) is 10.3. The third kappa shape index (κ3) is 5.44. The molecule has 1 amide bonds. The Morgan fingerprint density at radius 1 is 0.964 bits per heavy atom. The number of carbonyl (C=O) groups excluding carboxylic acids is 3. The zero-order valence-corrected chi connectivity index (χ0v) is 14.7. The van der Waals surface area contributed by atoms with E-state index < -0.39 is 58.2 Å². The number of nitrogens with zero attached hydrogens (tertiary/aromatic N) is 1. The summed E-state index contributed by atoms with van der Waals surface area (Å²) in [6.07, 6.45) is 1.92. The molecular weight excluding hydrogens is 393 g/mol. The van der Waals surface area contributed by atoms with Gasteiger partial charge in [-0.15, -0.1) is 0 Å². The average molecular weight is 407 g/mol. The Bertz CT molecular complexity index is 822. The maximum Gasteiger partial charge on any atom is 0.352 e. The molecule has 0 heterocycles. The number of benzene rings is 1. The highest BCUT2D eigenvalue weighted by Crippen LogP contribution is 2.23. The molecule has 152 valence electrons. The number of amides is 1. The summed E-state index contributed by atoms with van der Waals surface area (Å²) in [4.78, 5) is 37.8. The first-order valence-electron chi connectivity index (χ1n) is 7.70. The number of esters is 2. The molecular formula is C17H14F5NO5. The first-order valence-corrected chi connectivity index (χ1v) is 7.70. The standard InChI is InChI=1S/C17H14F5NO5/c1-3-28-9(24)7-5-4-6-8(17(26)27-2)23-16(25)10-11(18)13(20)15(22)14(21)12(10)19/h5,7H,3-4,6H2,1-2H3/b7-5+,23-8?. The molecule has 0 aromatic heterocycles. The van der Waals surface area contributed by atoms with Gasteiger partial charge >= 0.3 is 11.9 Å². The van der Waals surface area contributed by atoms with Gasteiger partial charge in [0.15, 0.2) is 23.3 Å². The summed E-state index contributed by atoms with van der Waals surface area (Å²) in [5.74, 6) is -15.5. The molecule has 0 saturated carbocycles. The smallest absolute Gasteiger partial charge is 0.352 e. The van der Waals surface area contributed by atoms with Crippen molar-refractivity contribution in [3.8, 4) is 0 Å². The molecule has 0 unspecified atom stereocenters. The van der Waals surface area contributed by atoms with Crippen LogP contribution in [0.4, 0.5) is 22.0 Å². The fraction of sp³-hybridized carbons (Fsp3) is 0.294. The molecule has 0 bridgehead atoms. The minimum Gasteiger partial charge on any atom is -0.465 e. The first-order chi connectivity index (χ1) is 13.1. The Kier molecular flexibility index (Phi) is 8.42. The van der Waals surface area contributed by atoms with Crippen LogP contribution >= 0.6 is 0 Å². The summed E-state index contributed by atoms with van der Waals surface area (Å²) in [6.45, 7) is 1.72. The van der Waals surface area contributed by atoms with Crippen LogP contribution in [0.25, 0.3) is 0 Å². The van der Waals surface area contributed by atoms with Crippen LogP contribution in [0.2, 0.25) is 0 Å². The van der Waals surface area contributed by atoms with E-state index in [2.05, 4.69) is 14.5 Å². The molecule has 1 rings (SSSR count). The molecule has 0 atom stereocenters. The normalized spacial score (nSPS) is 11.6. The van der Waals surface area contributed by atoms with Crippen molar-refractivity contribution in [1.82, 2.24) is 0 Å². The maximum atomic E-state index is 13.7. The molecule has 0 saturated heterocycles. The Morgan fingerprint density at radius 2 is 1.50 bits per heavy atom. The number of allylic oxidation sites excluding steroid dienone is 1. The quantitative estimate of drug-likeness (QED) is 0.173. The van der Waals surface area contributed by atoms with Gasteiger partial charge in [0, 0.05) is 12.5 Å². The van der Waals surface area contributed by atoms with Crippen molar-refractivity contribution in [3.05, 3.63) is 46.8 Å². The van der Waals surface area contributed by atoms with E-state index in [1.54, 1.807) is 6.92 Å². The van der Waals surface area contributed by atoms with Crippen molar-refractivity contribution < 1.29 is 45.8 Å². The molecule has 0 aliphatic heterocycles. The van der Waals surface area contributed by atoms with Gasteiger partial charge < -0.3 is 9.47 Å². The topological polar surface area (TPSA) is 82.0 Å². The molecule has 0 spiro atoms. The van der Waals surface area contributed by atoms with E-state index in [1.165, 1.54) is 6.08 Å². The Morgan fingerprint density at radius 3 is 2.00 bits per heavy atom. The second-order valence-corrected chi connectivity index (χ2v) is 4.99. The van der Waals surface area contributed by atoms with E-state index in [9.17, 15) is 36.3 Å². The average Bonchev–Trinajstić information content (AvgIpc) is 2.66. The summed E-state index contributed by atoms with van der Waals surface area (Å²) in [5, 5.41) is 0. The van der Waals surface area contributed by atoms with E-state index in [4.69, 9.17) is 0 Å². The van der Waals surface area contributed by atoms with Gasteiger partial charge in [-0.25, -0.2) is 36.5 Å². The van der Waals surface area contributed by atoms with Crippen molar-refractivity contribution in [2.24, 2.45) is 4.99 Å². The van der Waals surface area contributed by atoms with Crippen LogP contribution in [-0.2, 0) is 19.1 Å². The molecule has 0 aliphatic rings. The number of aliphatic imine (C=N–C) groups is 1. The molecule has 0 N–H and O–H groups in total. The van der Waals surface area contributed by atoms with Crippen molar-refractivity contribution in [2.75, 3.05) is 13.7 Å². The number of ether oxygens (including phenoxy) is 2. The van der Waals surface area contributed by atoms with Crippen LogP contribution < -0.4 is 0 Å². The zero-order chi connectivity index (χ0) is 21.4. The summed E-state index contributed by atoms with van der Waals surface area (Å²) in [5.41, 5.74) is -2.45. The summed E-state index contributed by atoms with van der Waals surface area (Å²) >= 11 is 0. The SMILES string of the molecule is CCOC(=O)/C=C/CCC(=NC(=O)c1c(F)c(F)c(F)c(F)c1F)C(=O)OC. The van der Waals surface area contributed by atoms with Crippen molar-refractivity contribution in [2.45, 2.75) is 19.8 Å². The summed E-state index contributed by atoms with van der Waals surface area (Å²) in [7, 11) is 0.926. The fourth-order valence-corrected chi connectivity index (χ4v) is 1.88. The van der Waals surface area contributed by atoms with E-state index in [1.807, 2.05) is 0 Å². The van der Waals surface area contributed by atoms with Crippen LogP contribution in [0.15, 0.2) is 17.1 Å². The van der Waals surface area contributed by atoms with Crippen LogP contribution in [0.5, 0.6) is 0 Å². The van der Waals surface area contributed by atoms with Gasteiger partial charge in [0.25, 0.3) is 5.91 Å². The third-order valence-electron chi connectivity index (χ3n) is 3.17. The van der Waals surface area contributed by atoms with Gasteiger partial charge in [-0.3, -0.25) is 4.79 Å². The van der Waals surface area contributed by atoms with Crippen LogP contribution in [-0.4, -0.2) is 37.3 Å². The number of rotatable bonds is 7. The lowest BCUT2D eigenvalue weighted by molar-refractivity contribution is -0.137. The highest BCUT2D eigenvalue weighted by molar-refractivity contribution is 6.38. The van der Waals surface area contributed by atoms with Gasteiger partial charge in [0.1, 0.15) is 11.3 Å². The molecule has 0 fully saturated rings. The van der Waals surface area contributed by atoms with Crippen LogP contribution in [0.1, 0.15) is 30.1 Å². The van der Waals surface area contributed by atoms with E-state index in [0.717, 1.165) is 13.2 Å². The third-order valence-corrected chi connectivity index (χ3v) is 3.17. The monoisotopic (exact) mass is 407 g/mol. The first kappa shape index (κ1) is 22.9. The molecule has 28 heavy (non-hydrogen) atoms. The van der Waals surface area contributed by atoms with Crippen LogP contribution in [0.3, 0.4) is 0 Å². The number of halogens is 5. The number of hydrogen-bond acceptors (Lipinski definition) is 5. The predicted octanol–water partition coefficient (Wildman–Crippen LogP) is 3.04. The van der Waals surface area contributed by atoms with E-state index in [0.29, 0.717) is 0 Å². The van der Waals surface area contributed by atoms with Crippen LogP contribution in [0, 0.1) is 29.1 Å².